The minimum absolute atomic E-state index is 0.252. The summed E-state index contributed by atoms with van der Waals surface area (Å²) in [5.74, 6) is -1.04. The van der Waals surface area contributed by atoms with Crippen LogP contribution in [0.4, 0.5) is 17.1 Å². The van der Waals surface area contributed by atoms with Gasteiger partial charge < -0.3 is 26.8 Å². The summed E-state index contributed by atoms with van der Waals surface area (Å²) >= 11 is 1.34. The van der Waals surface area contributed by atoms with Gasteiger partial charge >= 0.3 is 0 Å². The van der Waals surface area contributed by atoms with Crippen LogP contribution in [0.5, 0.6) is 0 Å². The van der Waals surface area contributed by atoms with Crippen molar-refractivity contribution in [3.05, 3.63) is 82.7 Å². The van der Waals surface area contributed by atoms with Crippen molar-refractivity contribution in [2.45, 2.75) is 43.6 Å². The quantitative estimate of drug-likeness (QED) is 0.206. The number of likely N-dealkylation sites (tertiary alicyclic amines) is 1. The number of thiophene rings is 1. The molecule has 0 spiro atoms. The van der Waals surface area contributed by atoms with E-state index in [0.717, 1.165) is 28.6 Å². The van der Waals surface area contributed by atoms with Crippen molar-refractivity contribution in [1.82, 2.24) is 9.88 Å². The smallest absolute Gasteiger partial charge is 0.267 e. The second-order valence-electron chi connectivity index (χ2n) is 10.3. The molecule has 1 saturated heterocycles. The predicted molar refractivity (Wildman–Crippen MR) is 159 cm³/mol. The monoisotopic (exact) mass is 570 g/mol. The van der Waals surface area contributed by atoms with Gasteiger partial charge in [-0.15, -0.1) is 11.3 Å². The number of anilines is 3. The van der Waals surface area contributed by atoms with Gasteiger partial charge in [0.05, 0.1) is 29.3 Å². The van der Waals surface area contributed by atoms with Gasteiger partial charge in [-0.1, -0.05) is 24.3 Å². The lowest BCUT2D eigenvalue weighted by molar-refractivity contribution is -0.148. The second-order valence-corrected chi connectivity index (χ2v) is 11.2. The first kappa shape index (κ1) is 26.9. The van der Waals surface area contributed by atoms with Gasteiger partial charge in [0.25, 0.3) is 5.91 Å². The largest absolute Gasteiger partial charge is 0.383 e. The fraction of sp³-hybridized carbons (Fsp3) is 0.267. The molecular formula is C30H30N6O4S. The molecule has 0 bridgehead atoms. The number of Topliss-reactive ketones (excluding diaryl/α,β-unsaturated/α-hetero) is 1. The van der Waals surface area contributed by atoms with Crippen LogP contribution in [0.1, 0.15) is 28.1 Å². The van der Waals surface area contributed by atoms with Crippen LogP contribution in [0, 0.1) is 0 Å². The summed E-state index contributed by atoms with van der Waals surface area (Å²) in [4.78, 5) is 44.4. The van der Waals surface area contributed by atoms with Gasteiger partial charge in [0.15, 0.2) is 5.78 Å². The number of carbonyl (C=O) groups is 3. The average Bonchev–Trinajstić information content (AvgIpc) is 3.66. The molecule has 6 N–H and O–H groups in total. The lowest BCUT2D eigenvalue weighted by atomic mass is 9.79. The Kier molecular flexibility index (Phi) is 7.39. The van der Waals surface area contributed by atoms with E-state index in [-0.39, 0.29) is 11.7 Å². The summed E-state index contributed by atoms with van der Waals surface area (Å²) in [5.41, 5.74) is 9.48. The Labute approximate surface area is 240 Å². The number of rotatable bonds is 9. The van der Waals surface area contributed by atoms with Crippen molar-refractivity contribution >= 4 is 56.9 Å². The first-order chi connectivity index (χ1) is 19.9. The molecule has 41 heavy (non-hydrogen) atoms. The highest BCUT2D eigenvalue weighted by atomic mass is 32.1. The van der Waals surface area contributed by atoms with Gasteiger partial charge in [0.2, 0.25) is 5.91 Å². The number of aromatic nitrogens is 1. The molecule has 210 valence electrons. The van der Waals surface area contributed by atoms with Crippen LogP contribution in [0.25, 0.3) is 10.9 Å². The summed E-state index contributed by atoms with van der Waals surface area (Å²) in [5, 5.41) is 22.9. The van der Waals surface area contributed by atoms with Crippen LogP contribution in [0.3, 0.4) is 0 Å². The van der Waals surface area contributed by atoms with Crippen molar-refractivity contribution < 1.29 is 19.5 Å². The summed E-state index contributed by atoms with van der Waals surface area (Å²) in [6.07, 6.45) is 1.95. The Balaban J connectivity index is 1.12. The molecule has 2 aromatic heterocycles. The zero-order chi connectivity index (χ0) is 28.5. The Hall–Kier alpha value is -4.32. The number of amides is 2. The number of benzene rings is 2. The number of ketones is 1. The maximum Gasteiger partial charge on any atom is 0.267 e. The number of pyridine rings is 1. The predicted octanol–water partition coefficient (Wildman–Crippen LogP) is 3.20. The molecule has 2 aromatic carbocycles. The van der Waals surface area contributed by atoms with E-state index in [4.69, 9.17) is 5.73 Å². The van der Waals surface area contributed by atoms with E-state index >= 15 is 0 Å². The molecule has 2 amide bonds. The highest BCUT2D eigenvalue weighted by Crippen LogP contribution is 2.33. The molecule has 4 atom stereocenters. The number of nitrogens with one attached hydrogen (secondary N) is 3. The van der Waals surface area contributed by atoms with Gasteiger partial charge in [-0.25, -0.2) is 0 Å². The summed E-state index contributed by atoms with van der Waals surface area (Å²) in [6, 6.07) is 17.2. The molecule has 3 unspecified atom stereocenters. The van der Waals surface area contributed by atoms with Crippen molar-refractivity contribution in [3.63, 3.8) is 0 Å². The molecule has 0 radical (unpaired) electrons. The van der Waals surface area contributed by atoms with Crippen LogP contribution in [-0.2, 0) is 16.1 Å². The molecule has 11 heteroatoms. The van der Waals surface area contributed by atoms with E-state index in [2.05, 4.69) is 20.9 Å². The van der Waals surface area contributed by atoms with Crippen LogP contribution < -0.4 is 21.7 Å². The van der Waals surface area contributed by atoms with Crippen LogP contribution in [0.2, 0.25) is 0 Å². The highest BCUT2D eigenvalue weighted by molar-refractivity contribution is 7.12. The standard InChI is InChI=1S/C30H30N6O4S/c31-29(39)23-9-4-13-36(23)25-24(26(37)27(25)38)34-18-5-3-6-19(15-18)35-30(40)28-22(11-14-41-28)33-16-17-10-12-32-21-8-2-1-7-20(17)21/h1-3,5-8,10-12,14-15,23-26,33-34,37H,4,9,13,16H2,(H2,31,39)(H,35,40)/t23-,24?,25?,26?/m1/s1. The van der Waals surface area contributed by atoms with E-state index in [1.54, 1.807) is 35.4 Å². The molecule has 4 aromatic rings. The molecule has 6 rings (SSSR count). The molecule has 2 fully saturated rings. The van der Waals surface area contributed by atoms with E-state index in [1.165, 1.54) is 11.3 Å². The van der Waals surface area contributed by atoms with Gasteiger partial charge in [-0.2, -0.15) is 0 Å². The number of para-hydroxylation sites is 1. The molecular weight excluding hydrogens is 540 g/mol. The number of aliphatic hydroxyl groups excluding tert-OH is 1. The van der Waals surface area contributed by atoms with Crippen LogP contribution in [-0.4, -0.2) is 63.4 Å². The lowest BCUT2D eigenvalue weighted by Gasteiger charge is -2.46. The number of aliphatic hydroxyl groups is 1. The number of carbonyl (C=O) groups excluding carboxylic acids is 3. The van der Waals surface area contributed by atoms with Gasteiger partial charge in [0.1, 0.15) is 11.0 Å². The molecule has 1 aliphatic carbocycles. The maximum atomic E-state index is 13.2. The topological polar surface area (TPSA) is 150 Å². The van der Waals surface area contributed by atoms with E-state index in [1.807, 2.05) is 41.8 Å². The van der Waals surface area contributed by atoms with Gasteiger partial charge in [0, 0.05) is 29.5 Å². The second kappa shape index (κ2) is 11.3. The zero-order valence-electron chi connectivity index (χ0n) is 22.1. The average molecular weight is 571 g/mol. The first-order valence-electron chi connectivity index (χ1n) is 13.5. The van der Waals surface area contributed by atoms with E-state index in [9.17, 15) is 19.5 Å². The van der Waals surface area contributed by atoms with Gasteiger partial charge in [-0.05, 0) is 66.7 Å². The SMILES string of the molecule is NC(=O)[C@H]1CCCN1C1C(=O)C(O)C1Nc1cccc(NC(=O)c2sccc2NCc2ccnc3ccccc23)c1. The van der Waals surface area contributed by atoms with E-state index < -0.39 is 30.1 Å². The first-order valence-corrected chi connectivity index (χ1v) is 14.4. The van der Waals surface area contributed by atoms with Crippen LogP contribution >= 0.6 is 11.3 Å². The fourth-order valence-corrected chi connectivity index (χ4v) is 6.49. The third-order valence-corrected chi connectivity index (χ3v) is 8.69. The van der Waals surface area contributed by atoms with Crippen molar-refractivity contribution in [2.24, 2.45) is 5.73 Å². The Morgan fingerprint density at radius 2 is 1.93 bits per heavy atom. The Bertz CT molecular complexity index is 1620. The molecule has 1 aliphatic heterocycles. The third kappa shape index (κ3) is 5.26. The molecule has 2 aliphatic rings. The fourth-order valence-electron chi connectivity index (χ4n) is 5.73. The zero-order valence-corrected chi connectivity index (χ0v) is 22.9. The number of fused-ring (bicyclic) bond motifs is 1. The number of hydrogen-bond donors (Lipinski definition) is 5. The third-order valence-electron chi connectivity index (χ3n) is 7.78. The number of primary amides is 1. The maximum absolute atomic E-state index is 13.2. The van der Waals surface area contributed by atoms with Crippen molar-refractivity contribution in [1.29, 1.82) is 0 Å². The highest BCUT2D eigenvalue weighted by Gasteiger charge is 2.54. The minimum atomic E-state index is -1.19. The molecule has 10 nitrogen and oxygen atoms in total. The normalized spacial score (nSPS) is 22.3. The summed E-state index contributed by atoms with van der Waals surface area (Å²) < 4.78 is 0. The Morgan fingerprint density at radius 3 is 2.78 bits per heavy atom. The molecule has 1 saturated carbocycles. The van der Waals surface area contributed by atoms with Crippen molar-refractivity contribution in [3.8, 4) is 0 Å². The summed E-state index contributed by atoms with van der Waals surface area (Å²) in [6.45, 7) is 1.11. The van der Waals surface area contributed by atoms with Gasteiger partial charge in [-0.3, -0.25) is 24.3 Å². The van der Waals surface area contributed by atoms with Crippen LogP contribution in [0.15, 0.2) is 72.2 Å². The Morgan fingerprint density at radius 1 is 1.10 bits per heavy atom. The number of hydrogen-bond acceptors (Lipinski definition) is 9. The molecule has 3 heterocycles. The van der Waals surface area contributed by atoms with Crippen molar-refractivity contribution in [2.75, 3.05) is 22.5 Å². The lowest BCUT2D eigenvalue weighted by Crippen LogP contribution is -2.71. The van der Waals surface area contributed by atoms with E-state index in [0.29, 0.717) is 35.8 Å². The number of nitrogens with two attached hydrogens (primary N) is 1. The summed E-state index contributed by atoms with van der Waals surface area (Å²) in [7, 11) is 0. The number of nitrogens with zero attached hydrogens (tertiary/aromatic N) is 2. The minimum Gasteiger partial charge on any atom is -0.383 e.